The van der Waals surface area contributed by atoms with Gasteiger partial charge in [-0.25, -0.2) is 4.98 Å². The number of aryl methyl sites for hydroxylation is 2. The van der Waals surface area contributed by atoms with Gasteiger partial charge in [-0.2, -0.15) is 0 Å². The lowest BCUT2D eigenvalue weighted by atomic mass is 9.99. The normalized spacial score (nSPS) is 10.2. The molecular weight excluding hydrogens is 292 g/mol. The Kier molecular flexibility index (Phi) is 5.46. The molecule has 23 heavy (non-hydrogen) atoms. The van der Waals surface area contributed by atoms with Crippen molar-refractivity contribution in [3.63, 3.8) is 0 Å². The molecule has 0 unspecified atom stereocenters. The summed E-state index contributed by atoms with van der Waals surface area (Å²) >= 11 is 0. The number of ketones is 1. The quantitative estimate of drug-likeness (QED) is 0.831. The fraction of sp³-hybridized carbons (Fsp3) is 0.278. The van der Waals surface area contributed by atoms with Gasteiger partial charge in [-0.15, -0.1) is 0 Å². The standard InChI is InChI=1S/C18H20N2O3/c1-12-4-5-13(2)15(10-12)16(21)7-8-17(22)20-14-6-9-18(23-3)19-11-14/h4-6,9-11H,7-8H2,1-3H3,(H,20,22). The number of nitrogens with one attached hydrogen (secondary N) is 1. The molecule has 1 aromatic carbocycles. The Morgan fingerprint density at radius 1 is 1.13 bits per heavy atom. The van der Waals surface area contributed by atoms with Crippen LogP contribution in [0.25, 0.3) is 0 Å². The number of ether oxygens (including phenoxy) is 1. The SMILES string of the molecule is COc1ccc(NC(=O)CCC(=O)c2cc(C)ccc2C)cn1. The fourth-order valence-corrected chi connectivity index (χ4v) is 2.20. The van der Waals surface area contributed by atoms with Crippen molar-refractivity contribution in [2.75, 3.05) is 12.4 Å². The topological polar surface area (TPSA) is 68.3 Å². The maximum atomic E-state index is 12.2. The first-order valence-corrected chi connectivity index (χ1v) is 7.40. The van der Waals surface area contributed by atoms with Crippen molar-refractivity contribution in [3.8, 4) is 5.88 Å². The number of rotatable bonds is 6. The molecule has 0 radical (unpaired) electrons. The van der Waals surface area contributed by atoms with Gasteiger partial charge in [0.15, 0.2) is 5.78 Å². The minimum atomic E-state index is -0.212. The molecule has 0 bridgehead atoms. The number of amides is 1. The number of pyridine rings is 1. The van der Waals surface area contributed by atoms with Crippen LogP contribution in [0.3, 0.4) is 0 Å². The first kappa shape index (κ1) is 16.7. The zero-order valence-electron chi connectivity index (χ0n) is 13.6. The van der Waals surface area contributed by atoms with Crippen molar-refractivity contribution < 1.29 is 14.3 Å². The number of nitrogens with zero attached hydrogens (tertiary/aromatic N) is 1. The summed E-state index contributed by atoms with van der Waals surface area (Å²) in [6.45, 7) is 3.84. The number of aromatic nitrogens is 1. The van der Waals surface area contributed by atoms with Crippen LogP contribution in [0.15, 0.2) is 36.5 Å². The molecule has 1 heterocycles. The number of carbonyl (C=O) groups excluding carboxylic acids is 2. The molecule has 0 aliphatic rings. The Balaban J connectivity index is 1.90. The van der Waals surface area contributed by atoms with Crippen LogP contribution in [0.5, 0.6) is 5.88 Å². The van der Waals surface area contributed by atoms with E-state index >= 15 is 0 Å². The highest BCUT2D eigenvalue weighted by atomic mass is 16.5. The highest BCUT2D eigenvalue weighted by Crippen LogP contribution is 2.15. The van der Waals surface area contributed by atoms with Crippen molar-refractivity contribution >= 4 is 17.4 Å². The molecule has 2 aromatic rings. The molecule has 0 aliphatic heterocycles. The van der Waals surface area contributed by atoms with Crippen molar-refractivity contribution in [3.05, 3.63) is 53.2 Å². The average Bonchev–Trinajstić information content (AvgIpc) is 2.55. The number of methoxy groups -OCH3 is 1. The van der Waals surface area contributed by atoms with E-state index in [1.807, 2.05) is 32.0 Å². The number of anilines is 1. The van der Waals surface area contributed by atoms with E-state index in [1.165, 1.54) is 13.3 Å². The van der Waals surface area contributed by atoms with Gasteiger partial charge in [0, 0.05) is 24.5 Å². The van der Waals surface area contributed by atoms with Gasteiger partial charge in [-0.1, -0.05) is 17.7 Å². The third kappa shape index (κ3) is 4.64. The monoisotopic (exact) mass is 312 g/mol. The van der Waals surface area contributed by atoms with Crippen LogP contribution in [0.2, 0.25) is 0 Å². The van der Waals surface area contributed by atoms with Crippen LogP contribution in [0.4, 0.5) is 5.69 Å². The maximum absolute atomic E-state index is 12.2. The lowest BCUT2D eigenvalue weighted by Gasteiger charge is -2.07. The van der Waals surface area contributed by atoms with Gasteiger partial charge in [0.05, 0.1) is 19.0 Å². The summed E-state index contributed by atoms with van der Waals surface area (Å²) in [6.07, 6.45) is 1.83. The van der Waals surface area contributed by atoms with Gasteiger partial charge in [0.25, 0.3) is 0 Å². The average molecular weight is 312 g/mol. The van der Waals surface area contributed by atoms with Crippen molar-refractivity contribution in [1.82, 2.24) is 4.98 Å². The summed E-state index contributed by atoms with van der Waals surface area (Å²) in [5.41, 5.74) is 3.23. The van der Waals surface area contributed by atoms with Gasteiger partial charge in [0.2, 0.25) is 11.8 Å². The summed E-state index contributed by atoms with van der Waals surface area (Å²) in [7, 11) is 1.53. The van der Waals surface area contributed by atoms with Crippen molar-refractivity contribution in [2.45, 2.75) is 26.7 Å². The van der Waals surface area contributed by atoms with Gasteiger partial charge in [-0.3, -0.25) is 9.59 Å². The van der Waals surface area contributed by atoms with Crippen LogP contribution in [0.1, 0.15) is 34.3 Å². The molecule has 2 rings (SSSR count). The van der Waals surface area contributed by atoms with E-state index in [0.29, 0.717) is 17.1 Å². The molecule has 0 aliphatic carbocycles. The Morgan fingerprint density at radius 3 is 2.57 bits per heavy atom. The zero-order valence-corrected chi connectivity index (χ0v) is 13.6. The Hall–Kier alpha value is -2.69. The van der Waals surface area contributed by atoms with E-state index in [0.717, 1.165) is 11.1 Å². The molecule has 1 aromatic heterocycles. The van der Waals surface area contributed by atoms with Crippen molar-refractivity contribution in [1.29, 1.82) is 0 Å². The smallest absolute Gasteiger partial charge is 0.224 e. The summed E-state index contributed by atoms with van der Waals surface area (Å²) < 4.78 is 4.95. The molecule has 120 valence electrons. The largest absolute Gasteiger partial charge is 0.481 e. The highest BCUT2D eigenvalue weighted by molar-refractivity contribution is 6.01. The number of benzene rings is 1. The fourth-order valence-electron chi connectivity index (χ4n) is 2.20. The predicted octanol–water partition coefficient (Wildman–Crippen LogP) is 3.31. The van der Waals surface area contributed by atoms with Gasteiger partial charge in [0.1, 0.15) is 0 Å². The van der Waals surface area contributed by atoms with Gasteiger partial charge in [-0.05, 0) is 31.5 Å². The van der Waals surface area contributed by atoms with Crippen LogP contribution in [-0.4, -0.2) is 23.8 Å². The van der Waals surface area contributed by atoms with E-state index < -0.39 is 0 Å². The molecule has 1 amide bonds. The molecule has 0 saturated heterocycles. The molecule has 1 N–H and O–H groups in total. The number of carbonyl (C=O) groups is 2. The van der Waals surface area contributed by atoms with Crippen molar-refractivity contribution in [2.24, 2.45) is 0 Å². The third-order valence-electron chi connectivity index (χ3n) is 3.50. The predicted molar refractivity (Wildman–Crippen MR) is 88.9 cm³/mol. The van der Waals surface area contributed by atoms with Crippen LogP contribution >= 0.6 is 0 Å². The van der Waals surface area contributed by atoms with Gasteiger partial charge >= 0.3 is 0 Å². The summed E-state index contributed by atoms with van der Waals surface area (Å²) in [5.74, 6) is 0.248. The second-order valence-corrected chi connectivity index (χ2v) is 5.38. The Bertz CT molecular complexity index is 709. The summed E-state index contributed by atoms with van der Waals surface area (Å²) in [6, 6.07) is 9.12. The third-order valence-corrected chi connectivity index (χ3v) is 3.50. The molecule has 0 saturated carbocycles. The minimum absolute atomic E-state index is 0.0193. The van der Waals surface area contributed by atoms with E-state index in [9.17, 15) is 9.59 Å². The Morgan fingerprint density at radius 2 is 1.91 bits per heavy atom. The lowest BCUT2D eigenvalue weighted by molar-refractivity contribution is -0.116. The lowest BCUT2D eigenvalue weighted by Crippen LogP contribution is -2.14. The second-order valence-electron chi connectivity index (χ2n) is 5.38. The molecular formula is C18H20N2O3. The molecule has 5 nitrogen and oxygen atoms in total. The van der Waals surface area contributed by atoms with Crippen LogP contribution < -0.4 is 10.1 Å². The number of Topliss-reactive ketones (excluding diaryl/α,β-unsaturated/α-hetero) is 1. The summed E-state index contributed by atoms with van der Waals surface area (Å²) in [4.78, 5) is 28.2. The first-order chi connectivity index (χ1) is 11.0. The van der Waals surface area contributed by atoms with E-state index in [1.54, 1.807) is 12.1 Å². The minimum Gasteiger partial charge on any atom is -0.481 e. The Labute approximate surface area is 135 Å². The van der Waals surface area contributed by atoms with E-state index in [2.05, 4.69) is 10.3 Å². The van der Waals surface area contributed by atoms with Crippen LogP contribution in [0, 0.1) is 13.8 Å². The number of hydrogen-bond acceptors (Lipinski definition) is 4. The molecule has 5 heteroatoms. The molecule has 0 fully saturated rings. The number of hydrogen-bond donors (Lipinski definition) is 1. The van der Waals surface area contributed by atoms with E-state index in [-0.39, 0.29) is 24.5 Å². The highest BCUT2D eigenvalue weighted by Gasteiger charge is 2.12. The molecule has 0 atom stereocenters. The van der Waals surface area contributed by atoms with E-state index in [4.69, 9.17) is 4.74 Å². The van der Waals surface area contributed by atoms with Gasteiger partial charge < -0.3 is 10.1 Å². The molecule has 0 spiro atoms. The zero-order chi connectivity index (χ0) is 16.8. The first-order valence-electron chi connectivity index (χ1n) is 7.40. The maximum Gasteiger partial charge on any atom is 0.224 e. The second kappa shape index (κ2) is 7.54. The summed E-state index contributed by atoms with van der Waals surface area (Å²) in [5, 5.41) is 2.72. The van der Waals surface area contributed by atoms with Crippen LogP contribution in [-0.2, 0) is 4.79 Å².